The van der Waals surface area contributed by atoms with Crippen LogP contribution >= 0.6 is 12.2 Å². The number of methoxy groups -OCH3 is 2. The van der Waals surface area contributed by atoms with E-state index >= 15 is 0 Å². The van der Waals surface area contributed by atoms with Crippen LogP contribution in [-0.2, 0) is 9.53 Å². The van der Waals surface area contributed by atoms with Gasteiger partial charge in [-0.1, -0.05) is 6.07 Å². The van der Waals surface area contributed by atoms with E-state index in [4.69, 9.17) is 26.1 Å². The molecule has 1 fully saturated rings. The molecule has 5 rings (SSSR count). The number of hydrogen-bond acceptors (Lipinski definition) is 8. The smallest absolute Gasteiger partial charge is 0.269 e. The lowest BCUT2D eigenvalue weighted by molar-refractivity contribution is -0.384. The largest absolute Gasteiger partial charge is 0.495 e. The number of amides is 1. The Kier molecular flexibility index (Phi) is 7.71. The van der Waals surface area contributed by atoms with Gasteiger partial charge in [0.05, 0.1) is 29.5 Å². The van der Waals surface area contributed by atoms with Crippen molar-refractivity contribution in [2.45, 2.75) is 12.1 Å². The second-order valence-corrected chi connectivity index (χ2v) is 9.26. The Morgan fingerprint density at radius 2 is 1.95 bits per heavy atom. The Balaban J connectivity index is 1.56. The number of carbonyl (C=O) groups excluding carboxylic acids is 1. The highest BCUT2D eigenvalue weighted by Gasteiger charge is 2.42. The number of aromatic nitrogens is 1. The molecule has 204 valence electrons. The van der Waals surface area contributed by atoms with Crippen molar-refractivity contribution >= 4 is 40.3 Å². The van der Waals surface area contributed by atoms with Gasteiger partial charge in [-0.05, 0) is 66.8 Å². The molecular formula is C28H25N5O6S. The SMILES string of the molecule is COCC(=O)Nc1cc(N2C(=S)N[C@H](c3ccccn3)[C@@H]2c2ccc(-c3ccc([N+](=O)[O-])cc3)o2)ccc1OC. The number of thiocarbonyl (C=S) groups is 1. The number of nitrogens with one attached hydrogen (secondary N) is 2. The van der Waals surface area contributed by atoms with Gasteiger partial charge in [0.25, 0.3) is 5.69 Å². The second kappa shape index (κ2) is 11.5. The van der Waals surface area contributed by atoms with Crippen molar-refractivity contribution in [3.05, 3.63) is 101 Å². The summed E-state index contributed by atoms with van der Waals surface area (Å²) in [6, 6.07) is 20.0. The van der Waals surface area contributed by atoms with Crippen molar-refractivity contribution in [3.8, 4) is 17.1 Å². The molecule has 1 saturated heterocycles. The van der Waals surface area contributed by atoms with Crippen molar-refractivity contribution in [2.24, 2.45) is 0 Å². The molecule has 1 aliphatic heterocycles. The third-order valence-electron chi connectivity index (χ3n) is 6.39. The number of ether oxygens (including phenoxy) is 2. The fourth-order valence-corrected chi connectivity index (χ4v) is 4.94. The van der Waals surface area contributed by atoms with Gasteiger partial charge in [0.15, 0.2) is 5.11 Å². The van der Waals surface area contributed by atoms with E-state index in [2.05, 4.69) is 15.6 Å². The molecule has 0 bridgehead atoms. The van der Waals surface area contributed by atoms with E-state index in [1.54, 1.807) is 30.5 Å². The molecule has 11 nitrogen and oxygen atoms in total. The molecule has 0 aliphatic carbocycles. The molecule has 2 aromatic carbocycles. The molecule has 0 radical (unpaired) electrons. The minimum Gasteiger partial charge on any atom is -0.495 e. The van der Waals surface area contributed by atoms with Crippen molar-refractivity contribution in [3.63, 3.8) is 0 Å². The zero-order valence-electron chi connectivity index (χ0n) is 21.6. The molecule has 4 aromatic rings. The Hall–Kier alpha value is -4.81. The number of pyridine rings is 1. The predicted molar refractivity (Wildman–Crippen MR) is 152 cm³/mol. The maximum atomic E-state index is 12.3. The zero-order chi connectivity index (χ0) is 28.2. The van der Waals surface area contributed by atoms with E-state index in [-0.39, 0.29) is 24.2 Å². The van der Waals surface area contributed by atoms with Gasteiger partial charge < -0.3 is 29.4 Å². The van der Waals surface area contributed by atoms with Crippen molar-refractivity contribution < 1.29 is 23.6 Å². The van der Waals surface area contributed by atoms with Crippen LogP contribution in [0, 0.1) is 10.1 Å². The summed E-state index contributed by atoms with van der Waals surface area (Å²) in [5.74, 6) is 1.28. The Morgan fingerprint density at radius 3 is 2.62 bits per heavy atom. The molecule has 2 atom stereocenters. The van der Waals surface area contributed by atoms with Gasteiger partial charge in [-0.3, -0.25) is 19.9 Å². The molecule has 2 aromatic heterocycles. The van der Waals surface area contributed by atoms with Crippen LogP contribution in [0.4, 0.5) is 17.1 Å². The molecule has 3 heterocycles. The second-order valence-electron chi connectivity index (χ2n) is 8.87. The number of rotatable bonds is 9. The molecule has 0 spiro atoms. The summed E-state index contributed by atoms with van der Waals surface area (Å²) in [5, 5.41) is 17.7. The first-order chi connectivity index (χ1) is 19.4. The van der Waals surface area contributed by atoms with E-state index in [9.17, 15) is 14.9 Å². The first kappa shape index (κ1) is 26.8. The number of nitrogens with zero attached hydrogens (tertiary/aromatic N) is 3. The number of hydrogen-bond donors (Lipinski definition) is 2. The number of benzene rings is 2. The molecule has 0 saturated carbocycles. The highest BCUT2D eigenvalue weighted by atomic mass is 32.1. The molecule has 40 heavy (non-hydrogen) atoms. The number of anilines is 2. The summed E-state index contributed by atoms with van der Waals surface area (Å²) in [5.41, 5.74) is 2.58. The number of non-ortho nitro benzene ring substituents is 1. The van der Waals surface area contributed by atoms with Gasteiger partial charge in [-0.2, -0.15) is 0 Å². The van der Waals surface area contributed by atoms with Gasteiger partial charge in [0, 0.05) is 36.7 Å². The third kappa shape index (κ3) is 5.35. The van der Waals surface area contributed by atoms with Crippen molar-refractivity contribution in [2.75, 3.05) is 31.0 Å². The maximum Gasteiger partial charge on any atom is 0.269 e. The number of nitro benzene ring substituents is 1. The lowest BCUT2D eigenvalue weighted by Gasteiger charge is -2.27. The molecule has 1 aliphatic rings. The summed E-state index contributed by atoms with van der Waals surface area (Å²) in [6.45, 7) is -0.112. The van der Waals surface area contributed by atoms with Crippen LogP contribution in [0.25, 0.3) is 11.3 Å². The van der Waals surface area contributed by atoms with Gasteiger partial charge >= 0.3 is 0 Å². The van der Waals surface area contributed by atoms with Gasteiger partial charge in [-0.25, -0.2) is 0 Å². The summed E-state index contributed by atoms with van der Waals surface area (Å²) < 4.78 is 16.7. The maximum absolute atomic E-state index is 12.3. The fourth-order valence-electron chi connectivity index (χ4n) is 4.60. The van der Waals surface area contributed by atoms with Crippen LogP contribution in [0.1, 0.15) is 23.5 Å². The summed E-state index contributed by atoms with van der Waals surface area (Å²) in [7, 11) is 2.96. The summed E-state index contributed by atoms with van der Waals surface area (Å²) in [6.07, 6.45) is 1.71. The van der Waals surface area contributed by atoms with E-state index in [0.29, 0.717) is 39.3 Å². The van der Waals surface area contributed by atoms with Gasteiger partial charge in [0.2, 0.25) is 5.91 Å². The van der Waals surface area contributed by atoms with E-state index in [0.717, 1.165) is 5.69 Å². The quantitative estimate of drug-likeness (QED) is 0.164. The van der Waals surface area contributed by atoms with Gasteiger partial charge in [-0.15, -0.1) is 0 Å². The van der Waals surface area contributed by atoms with E-state index < -0.39 is 11.0 Å². The highest BCUT2D eigenvalue weighted by Crippen LogP contribution is 2.44. The summed E-state index contributed by atoms with van der Waals surface area (Å²) in [4.78, 5) is 29.4. The van der Waals surface area contributed by atoms with Crippen molar-refractivity contribution in [1.82, 2.24) is 10.3 Å². The molecule has 0 unspecified atom stereocenters. The Labute approximate surface area is 234 Å². The average Bonchev–Trinajstić information content (AvgIpc) is 3.58. The lowest BCUT2D eigenvalue weighted by atomic mass is 10.0. The summed E-state index contributed by atoms with van der Waals surface area (Å²) >= 11 is 5.79. The normalized spacial score (nSPS) is 16.4. The standard InChI is InChI=1S/C28H25N5O6S/c1-37-16-25(34)30-21-15-19(10-11-23(21)38-2)32-27(26(31-28(32)40)20-5-3-4-14-29-20)24-13-12-22(39-24)17-6-8-18(9-7-17)33(35)36/h3-15,26-27H,16H2,1-2H3,(H,30,34)(H,31,40)/t26-,27+/m1/s1. The first-order valence-corrected chi connectivity index (χ1v) is 12.6. The number of furan rings is 1. The van der Waals surface area contributed by atoms with Crippen LogP contribution in [0.5, 0.6) is 5.75 Å². The monoisotopic (exact) mass is 559 g/mol. The molecule has 2 N–H and O–H groups in total. The Morgan fingerprint density at radius 1 is 1.15 bits per heavy atom. The number of carbonyl (C=O) groups is 1. The van der Waals surface area contributed by atoms with Crippen LogP contribution in [0.15, 0.2) is 83.4 Å². The minimum atomic E-state index is -0.454. The van der Waals surface area contributed by atoms with E-state index in [1.165, 1.54) is 26.4 Å². The lowest BCUT2D eigenvalue weighted by Crippen LogP contribution is -2.29. The van der Waals surface area contributed by atoms with Crippen molar-refractivity contribution in [1.29, 1.82) is 0 Å². The van der Waals surface area contributed by atoms with E-state index in [1.807, 2.05) is 41.3 Å². The topological polar surface area (TPSA) is 132 Å². The molecule has 12 heteroatoms. The van der Waals surface area contributed by atoms with Crippen LogP contribution in [0.3, 0.4) is 0 Å². The molecular weight excluding hydrogens is 534 g/mol. The zero-order valence-corrected chi connectivity index (χ0v) is 22.4. The minimum absolute atomic E-state index is 0.00448. The first-order valence-electron chi connectivity index (χ1n) is 12.2. The van der Waals surface area contributed by atoms with Crippen LogP contribution in [0.2, 0.25) is 0 Å². The number of nitro groups is 1. The third-order valence-corrected chi connectivity index (χ3v) is 6.70. The predicted octanol–water partition coefficient (Wildman–Crippen LogP) is 5.02. The Bertz CT molecular complexity index is 1540. The molecule has 1 amide bonds. The van der Waals surface area contributed by atoms with Gasteiger partial charge in [0.1, 0.15) is 29.9 Å². The fraction of sp³-hybridized carbons (Fsp3) is 0.179. The van der Waals surface area contributed by atoms with Crippen LogP contribution < -0.4 is 20.3 Å². The highest BCUT2D eigenvalue weighted by molar-refractivity contribution is 7.80. The van der Waals surface area contributed by atoms with Crippen LogP contribution in [-0.4, -0.2) is 41.8 Å². The average molecular weight is 560 g/mol.